The number of hydrogen-bond acceptors (Lipinski definition) is 1. The van der Waals surface area contributed by atoms with Crippen molar-refractivity contribution < 1.29 is 0 Å². The Hall–Kier alpha value is -7.87. The summed E-state index contributed by atoms with van der Waals surface area (Å²) in [6.45, 7) is 2.22. The number of hydrogen-bond donors (Lipinski definition) is 0. The molecular weight excluding hydrogens is 735 g/mol. The first-order valence-electron chi connectivity index (χ1n) is 21.0. The molecule has 61 heavy (non-hydrogen) atoms. The van der Waals surface area contributed by atoms with E-state index in [9.17, 15) is 0 Å². The Balaban J connectivity index is 1.29. The zero-order chi connectivity index (χ0) is 41.0. The molecule has 1 nitrogen and oxygen atoms in total. The average Bonchev–Trinajstić information content (AvgIpc) is 3.35. The molecule has 0 saturated carbocycles. The van der Waals surface area contributed by atoms with Gasteiger partial charge in [0, 0.05) is 11.1 Å². The third kappa shape index (κ3) is 7.62. The second-order valence-corrected chi connectivity index (χ2v) is 15.5. The topological polar surface area (TPSA) is 12.9 Å². The molecule has 0 aliphatic heterocycles. The van der Waals surface area contributed by atoms with Crippen molar-refractivity contribution in [1.29, 1.82) is 0 Å². The molecule has 1 heterocycles. The molecule has 0 spiro atoms. The van der Waals surface area contributed by atoms with E-state index in [2.05, 4.69) is 250 Å². The molecule has 0 N–H and O–H groups in total. The molecule has 0 radical (unpaired) electrons. The summed E-state index contributed by atoms with van der Waals surface area (Å²) < 4.78 is 0. The Bertz CT molecular complexity index is 3020. The maximum atomic E-state index is 5.53. The number of nitrogens with zero attached hydrogens (tertiary/aromatic N) is 1. The van der Waals surface area contributed by atoms with Crippen molar-refractivity contribution in [2.45, 2.75) is 6.92 Å². The fourth-order valence-corrected chi connectivity index (χ4v) is 8.67. The molecule has 0 bridgehead atoms. The van der Waals surface area contributed by atoms with Crippen LogP contribution in [-0.2, 0) is 0 Å². The number of pyridine rings is 1. The van der Waals surface area contributed by atoms with E-state index in [0.717, 1.165) is 44.8 Å². The molecule has 1 aromatic heterocycles. The Kier molecular flexibility index (Phi) is 10.3. The van der Waals surface area contributed by atoms with Crippen LogP contribution in [0.3, 0.4) is 0 Å². The molecule has 0 atom stereocenters. The summed E-state index contributed by atoms with van der Waals surface area (Å²) in [5, 5.41) is 0. The van der Waals surface area contributed by atoms with Gasteiger partial charge >= 0.3 is 0 Å². The third-order valence-corrected chi connectivity index (χ3v) is 11.7. The van der Waals surface area contributed by atoms with Crippen LogP contribution in [0.15, 0.2) is 243 Å². The quantitative estimate of drug-likeness (QED) is 0.142. The molecular formula is C60H43N. The minimum Gasteiger partial charge on any atom is -0.247 e. The van der Waals surface area contributed by atoms with E-state index in [-0.39, 0.29) is 0 Å². The van der Waals surface area contributed by atoms with Crippen LogP contribution in [0.4, 0.5) is 0 Å². The molecule has 0 aliphatic carbocycles. The monoisotopic (exact) mass is 777 g/mol. The first-order chi connectivity index (χ1) is 30.2. The third-order valence-electron chi connectivity index (χ3n) is 11.7. The van der Waals surface area contributed by atoms with Gasteiger partial charge in [-0.15, -0.1) is 0 Å². The van der Waals surface area contributed by atoms with Crippen LogP contribution >= 0.6 is 0 Å². The van der Waals surface area contributed by atoms with Gasteiger partial charge in [0.1, 0.15) is 0 Å². The van der Waals surface area contributed by atoms with E-state index in [1.54, 1.807) is 0 Å². The highest BCUT2D eigenvalue weighted by Gasteiger charge is 2.21. The fourth-order valence-electron chi connectivity index (χ4n) is 8.67. The molecule has 10 aromatic rings. The summed E-state index contributed by atoms with van der Waals surface area (Å²) in [4.78, 5) is 5.53. The molecule has 288 valence electrons. The summed E-state index contributed by atoms with van der Waals surface area (Å²) in [6, 6.07) is 87.3. The Morgan fingerprint density at radius 1 is 0.246 bits per heavy atom. The molecule has 1 heteroatoms. The SMILES string of the molecule is Cc1c(-c2ccccc2)cc(-c2ccccc2)nc1-c1cc(-c2cc(-c3ccccc3)c(-c3ccccc3)c(-c3ccccc3)c2)cc(-c2ccccc2-c2ccccc2)c1. The van der Waals surface area contributed by atoms with Crippen molar-refractivity contribution in [1.82, 2.24) is 4.98 Å². The van der Waals surface area contributed by atoms with Crippen molar-refractivity contribution in [2.24, 2.45) is 0 Å². The molecule has 0 unspecified atom stereocenters. The van der Waals surface area contributed by atoms with Crippen LogP contribution in [0, 0.1) is 6.92 Å². The van der Waals surface area contributed by atoms with E-state index in [0.29, 0.717) is 0 Å². The molecule has 0 saturated heterocycles. The first-order valence-corrected chi connectivity index (χ1v) is 21.0. The minimum atomic E-state index is 0.946. The first kappa shape index (κ1) is 37.4. The molecule has 0 fully saturated rings. The molecule has 10 rings (SSSR count). The standard InChI is InChI=1S/C60H43N/c1-42-55(44-24-10-3-11-25-44)41-58(47-30-16-6-17-31-47)61-60(42)52-37-49(36-51(38-52)54-35-21-20-34-53(54)43-22-8-2-9-23-43)50-39-56(45-26-12-4-13-27-45)59(48-32-18-7-19-33-48)57(40-50)46-28-14-5-15-29-46/h2-41H,1H3. The van der Waals surface area contributed by atoms with E-state index >= 15 is 0 Å². The van der Waals surface area contributed by atoms with Crippen LogP contribution in [-0.4, -0.2) is 4.98 Å². The summed E-state index contributed by atoms with van der Waals surface area (Å²) >= 11 is 0. The lowest BCUT2D eigenvalue weighted by atomic mass is 9.83. The molecule has 0 amide bonds. The van der Waals surface area contributed by atoms with Crippen LogP contribution in [0.25, 0.3) is 100 Å². The van der Waals surface area contributed by atoms with Gasteiger partial charge in [-0.05, 0) is 127 Å². The minimum absolute atomic E-state index is 0.946. The zero-order valence-electron chi connectivity index (χ0n) is 34.0. The van der Waals surface area contributed by atoms with Gasteiger partial charge in [-0.2, -0.15) is 0 Å². The smallest absolute Gasteiger partial charge is 0.0745 e. The van der Waals surface area contributed by atoms with Gasteiger partial charge in [0.2, 0.25) is 0 Å². The highest BCUT2D eigenvalue weighted by molar-refractivity contribution is 5.99. The lowest BCUT2D eigenvalue weighted by Crippen LogP contribution is -1.98. The Morgan fingerprint density at radius 3 is 1.08 bits per heavy atom. The summed E-state index contributed by atoms with van der Waals surface area (Å²) in [7, 11) is 0. The van der Waals surface area contributed by atoms with Crippen LogP contribution in [0.5, 0.6) is 0 Å². The van der Waals surface area contributed by atoms with Crippen molar-refractivity contribution in [2.75, 3.05) is 0 Å². The van der Waals surface area contributed by atoms with E-state index in [4.69, 9.17) is 4.98 Å². The van der Waals surface area contributed by atoms with Crippen LogP contribution in [0.2, 0.25) is 0 Å². The maximum absolute atomic E-state index is 5.53. The molecule has 0 aliphatic rings. The van der Waals surface area contributed by atoms with E-state index < -0.39 is 0 Å². The van der Waals surface area contributed by atoms with Gasteiger partial charge in [0.25, 0.3) is 0 Å². The average molecular weight is 778 g/mol. The normalized spacial score (nSPS) is 11.0. The van der Waals surface area contributed by atoms with Crippen molar-refractivity contribution >= 4 is 0 Å². The lowest BCUT2D eigenvalue weighted by Gasteiger charge is -2.21. The second kappa shape index (κ2) is 16.8. The van der Waals surface area contributed by atoms with Crippen molar-refractivity contribution in [3.8, 4) is 100 Å². The molecule has 9 aromatic carbocycles. The van der Waals surface area contributed by atoms with Gasteiger partial charge in [-0.25, -0.2) is 4.98 Å². The van der Waals surface area contributed by atoms with E-state index in [1.807, 2.05) is 0 Å². The Labute approximate surface area is 359 Å². The van der Waals surface area contributed by atoms with Gasteiger partial charge in [0.15, 0.2) is 0 Å². The van der Waals surface area contributed by atoms with Gasteiger partial charge < -0.3 is 0 Å². The summed E-state index contributed by atoms with van der Waals surface area (Å²) in [5.74, 6) is 0. The highest BCUT2D eigenvalue weighted by atomic mass is 14.7. The van der Waals surface area contributed by atoms with Crippen LogP contribution in [0.1, 0.15) is 5.56 Å². The fraction of sp³-hybridized carbons (Fsp3) is 0.0167. The van der Waals surface area contributed by atoms with Crippen molar-refractivity contribution in [3.05, 3.63) is 248 Å². The van der Waals surface area contributed by atoms with Gasteiger partial charge in [0.05, 0.1) is 11.4 Å². The van der Waals surface area contributed by atoms with Crippen LogP contribution < -0.4 is 0 Å². The summed E-state index contributed by atoms with van der Waals surface area (Å²) in [5.41, 5.74) is 21.6. The second-order valence-electron chi connectivity index (χ2n) is 15.5. The van der Waals surface area contributed by atoms with E-state index in [1.165, 1.54) is 61.2 Å². The predicted octanol–water partition coefficient (Wildman–Crippen LogP) is 16.4. The number of rotatable bonds is 9. The van der Waals surface area contributed by atoms with Gasteiger partial charge in [-0.1, -0.05) is 206 Å². The highest BCUT2D eigenvalue weighted by Crippen LogP contribution is 2.46. The summed E-state index contributed by atoms with van der Waals surface area (Å²) in [6.07, 6.45) is 0. The van der Waals surface area contributed by atoms with Crippen molar-refractivity contribution in [3.63, 3.8) is 0 Å². The van der Waals surface area contributed by atoms with Gasteiger partial charge in [-0.3, -0.25) is 0 Å². The number of aromatic nitrogens is 1. The largest absolute Gasteiger partial charge is 0.247 e. The predicted molar refractivity (Wildman–Crippen MR) is 258 cm³/mol. The lowest BCUT2D eigenvalue weighted by molar-refractivity contribution is 1.27. The number of benzene rings is 9. The maximum Gasteiger partial charge on any atom is 0.0745 e. The zero-order valence-corrected chi connectivity index (χ0v) is 34.0. The Morgan fingerprint density at radius 2 is 0.590 bits per heavy atom.